The van der Waals surface area contributed by atoms with Crippen LogP contribution in [0.1, 0.15) is 5.69 Å². The molecule has 5 heteroatoms. The lowest BCUT2D eigenvalue weighted by Gasteiger charge is -2.08. The van der Waals surface area contributed by atoms with E-state index in [1.165, 1.54) is 0 Å². The molecule has 0 aliphatic rings. The van der Waals surface area contributed by atoms with Gasteiger partial charge in [-0.05, 0) is 47.5 Å². The monoisotopic (exact) mass is 247 g/mol. The summed E-state index contributed by atoms with van der Waals surface area (Å²) >= 11 is -2.17. The Labute approximate surface area is 102 Å². The molecule has 2 aromatic rings. The third-order valence-corrected chi connectivity index (χ3v) is 2.90. The Morgan fingerprint density at radius 3 is 2.53 bits per heavy atom. The fourth-order valence-electron chi connectivity index (χ4n) is 1.38. The fraction of sp³-hybridized carbons (Fsp3) is 0.0833. The van der Waals surface area contributed by atoms with Crippen molar-refractivity contribution in [2.75, 3.05) is 5.32 Å². The topological polar surface area (TPSA) is 65.0 Å². The van der Waals surface area contributed by atoms with Gasteiger partial charge in [0.05, 0.1) is 12.2 Å². The van der Waals surface area contributed by atoms with E-state index in [9.17, 15) is 8.76 Å². The van der Waals surface area contributed by atoms with Crippen molar-refractivity contribution in [3.05, 3.63) is 54.4 Å². The van der Waals surface area contributed by atoms with Gasteiger partial charge >= 0.3 is 0 Å². The van der Waals surface area contributed by atoms with Crippen molar-refractivity contribution in [3.63, 3.8) is 0 Å². The van der Waals surface area contributed by atoms with Crippen LogP contribution in [0, 0.1) is 0 Å². The van der Waals surface area contributed by atoms with E-state index >= 15 is 0 Å². The summed E-state index contributed by atoms with van der Waals surface area (Å²) in [7, 11) is 0. The summed E-state index contributed by atoms with van der Waals surface area (Å²) < 4.78 is 21.3. The Balaban J connectivity index is 1.98. The average molecular weight is 247 g/mol. The van der Waals surface area contributed by atoms with E-state index in [0.29, 0.717) is 6.54 Å². The zero-order valence-electron chi connectivity index (χ0n) is 9.00. The molecule has 1 N–H and O–H groups in total. The maximum absolute atomic E-state index is 10.7. The standard InChI is InChI=1S/C12H12N2O2S/c15-17(16)12-6-4-10(5-7-12)14-9-11-3-1-2-8-13-11/h1-8,14H,9H2,(H,15,16)/p-1. The molecule has 0 spiro atoms. The van der Waals surface area contributed by atoms with E-state index < -0.39 is 11.1 Å². The van der Waals surface area contributed by atoms with Gasteiger partial charge in [-0.25, -0.2) is 0 Å². The van der Waals surface area contributed by atoms with Crippen LogP contribution >= 0.6 is 0 Å². The Morgan fingerprint density at radius 2 is 1.94 bits per heavy atom. The first kappa shape index (κ1) is 11.8. The number of benzene rings is 1. The quantitative estimate of drug-likeness (QED) is 0.838. The van der Waals surface area contributed by atoms with Gasteiger partial charge in [0.25, 0.3) is 0 Å². The summed E-state index contributed by atoms with van der Waals surface area (Å²) in [6.45, 7) is 0.612. The molecule has 0 bridgehead atoms. The summed E-state index contributed by atoms with van der Waals surface area (Å²) in [6, 6.07) is 12.3. The van der Waals surface area contributed by atoms with Crippen LogP contribution in [0.25, 0.3) is 0 Å². The van der Waals surface area contributed by atoms with Crippen LogP contribution in [0.5, 0.6) is 0 Å². The normalized spacial score (nSPS) is 12.1. The summed E-state index contributed by atoms with van der Waals surface area (Å²) in [4.78, 5) is 4.46. The molecular formula is C12H11N2O2S-. The van der Waals surface area contributed by atoms with Crippen molar-refractivity contribution in [1.29, 1.82) is 0 Å². The highest BCUT2D eigenvalue weighted by molar-refractivity contribution is 7.79. The SMILES string of the molecule is O=S([O-])c1ccc(NCc2ccccn2)cc1. The minimum absolute atomic E-state index is 0.286. The van der Waals surface area contributed by atoms with E-state index in [2.05, 4.69) is 10.3 Å². The zero-order valence-corrected chi connectivity index (χ0v) is 9.81. The molecule has 1 heterocycles. The van der Waals surface area contributed by atoms with Crippen molar-refractivity contribution >= 4 is 16.8 Å². The van der Waals surface area contributed by atoms with E-state index in [0.717, 1.165) is 11.4 Å². The summed E-state index contributed by atoms with van der Waals surface area (Å²) in [5, 5.41) is 3.16. The highest BCUT2D eigenvalue weighted by Crippen LogP contribution is 2.12. The first-order valence-corrected chi connectivity index (χ1v) is 6.16. The molecule has 1 atom stereocenters. The van der Waals surface area contributed by atoms with Crippen LogP contribution in [0.2, 0.25) is 0 Å². The van der Waals surface area contributed by atoms with Gasteiger partial charge in [-0.2, -0.15) is 0 Å². The van der Waals surface area contributed by atoms with Crippen molar-refractivity contribution < 1.29 is 8.76 Å². The molecule has 1 aromatic heterocycles. The molecule has 0 saturated carbocycles. The van der Waals surface area contributed by atoms with Crippen molar-refractivity contribution in [3.8, 4) is 0 Å². The molecule has 0 amide bonds. The van der Waals surface area contributed by atoms with E-state index in [1.807, 2.05) is 18.2 Å². The molecule has 0 aliphatic carbocycles. The summed E-state index contributed by atoms with van der Waals surface area (Å²) in [6.07, 6.45) is 1.74. The molecule has 0 radical (unpaired) electrons. The Morgan fingerprint density at radius 1 is 1.18 bits per heavy atom. The second kappa shape index (κ2) is 5.56. The lowest BCUT2D eigenvalue weighted by Crippen LogP contribution is -2.01. The van der Waals surface area contributed by atoms with Crippen molar-refractivity contribution in [1.82, 2.24) is 4.98 Å². The maximum atomic E-state index is 10.7. The number of anilines is 1. The highest BCUT2D eigenvalue weighted by Gasteiger charge is 1.95. The zero-order chi connectivity index (χ0) is 12.1. The molecule has 17 heavy (non-hydrogen) atoms. The second-order valence-corrected chi connectivity index (χ2v) is 4.37. The number of rotatable bonds is 4. The van der Waals surface area contributed by atoms with Gasteiger partial charge in [-0.1, -0.05) is 6.07 Å². The van der Waals surface area contributed by atoms with Crippen LogP contribution < -0.4 is 5.32 Å². The number of hydrogen-bond donors (Lipinski definition) is 1. The van der Waals surface area contributed by atoms with Crippen molar-refractivity contribution in [2.24, 2.45) is 0 Å². The predicted octanol–water partition coefficient (Wildman–Crippen LogP) is 1.93. The largest absolute Gasteiger partial charge is 0.768 e. The van der Waals surface area contributed by atoms with E-state index in [-0.39, 0.29) is 4.90 Å². The average Bonchev–Trinajstić information content (AvgIpc) is 2.38. The van der Waals surface area contributed by atoms with Gasteiger partial charge in [0.1, 0.15) is 0 Å². The van der Waals surface area contributed by atoms with Crippen LogP contribution in [0.3, 0.4) is 0 Å². The Hall–Kier alpha value is -1.72. The molecule has 0 fully saturated rings. The number of nitrogens with zero attached hydrogens (tertiary/aromatic N) is 1. The molecule has 1 unspecified atom stereocenters. The van der Waals surface area contributed by atoms with E-state index in [4.69, 9.17) is 0 Å². The second-order valence-electron chi connectivity index (χ2n) is 3.43. The minimum atomic E-state index is -2.17. The number of hydrogen-bond acceptors (Lipinski definition) is 4. The van der Waals surface area contributed by atoms with Crippen molar-refractivity contribution in [2.45, 2.75) is 11.4 Å². The highest BCUT2D eigenvalue weighted by atomic mass is 32.2. The minimum Gasteiger partial charge on any atom is -0.768 e. The Kier molecular flexibility index (Phi) is 3.85. The summed E-state index contributed by atoms with van der Waals surface area (Å²) in [5.74, 6) is 0. The lowest BCUT2D eigenvalue weighted by atomic mass is 10.3. The van der Waals surface area contributed by atoms with Crippen LogP contribution in [-0.2, 0) is 17.6 Å². The smallest absolute Gasteiger partial charge is 0.0594 e. The molecule has 2 rings (SSSR count). The third kappa shape index (κ3) is 3.37. The maximum Gasteiger partial charge on any atom is 0.0594 e. The van der Waals surface area contributed by atoms with Gasteiger partial charge in [0.15, 0.2) is 0 Å². The predicted molar refractivity (Wildman–Crippen MR) is 65.2 cm³/mol. The lowest BCUT2D eigenvalue weighted by molar-refractivity contribution is 0.537. The Bertz CT molecular complexity index is 500. The molecule has 4 nitrogen and oxygen atoms in total. The number of pyridine rings is 1. The van der Waals surface area contributed by atoms with Gasteiger partial charge in [0.2, 0.25) is 0 Å². The molecule has 1 aromatic carbocycles. The van der Waals surface area contributed by atoms with Gasteiger partial charge in [-0.3, -0.25) is 9.19 Å². The first-order valence-electron chi connectivity index (χ1n) is 5.09. The molecule has 0 aliphatic heterocycles. The van der Waals surface area contributed by atoms with Gasteiger partial charge < -0.3 is 9.87 Å². The van der Waals surface area contributed by atoms with Gasteiger partial charge in [0, 0.05) is 16.8 Å². The molecule has 88 valence electrons. The van der Waals surface area contributed by atoms with Crippen LogP contribution in [0.15, 0.2) is 53.6 Å². The molecular weight excluding hydrogens is 236 g/mol. The van der Waals surface area contributed by atoms with Crippen LogP contribution in [0.4, 0.5) is 5.69 Å². The first-order chi connectivity index (χ1) is 8.25. The fourth-order valence-corrected chi connectivity index (χ4v) is 1.74. The van der Waals surface area contributed by atoms with Crippen LogP contribution in [-0.4, -0.2) is 13.7 Å². The van der Waals surface area contributed by atoms with E-state index in [1.54, 1.807) is 30.5 Å². The van der Waals surface area contributed by atoms with Gasteiger partial charge in [-0.15, -0.1) is 0 Å². The number of aromatic nitrogens is 1. The number of nitrogens with one attached hydrogen (secondary N) is 1. The third-order valence-electron chi connectivity index (χ3n) is 2.25. The molecule has 0 saturated heterocycles. The summed E-state index contributed by atoms with van der Waals surface area (Å²) in [5.41, 5.74) is 1.80.